The minimum absolute atomic E-state index is 0.0752. The summed E-state index contributed by atoms with van der Waals surface area (Å²) in [6.45, 7) is 4.01. The van der Waals surface area contributed by atoms with Crippen molar-refractivity contribution < 1.29 is 4.79 Å². The first-order valence-electron chi connectivity index (χ1n) is 7.84. The predicted molar refractivity (Wildman–Crippen MR) is 78.3 cm³/mol. The standard InChI is InChI=1S/C17H22N2O/c1-13(20)18-16-9-6-12-19-11-5-4-10-17(16,19)15-8-3-2-7-14(15)16/h2-3,7-8H,4-6,9-12H2,1H3,(H,18,20)/t16-,17-/m0/s1. The molecule has 0 radical (unpaired) electrons. The lowest BCUT2D eigenvalue weighted by Crippen LogP contribution is -2.76. The summed E-state index contributed by atoms with van der Waals surface area (Å²) in [7, 11) is 0. The van der Waals surface area contributed by atoms with Crippen LogP contribution in [-0.4, -0.2) is 23.9 Å². The largest absolute Gasteiger partial charge is 0.345 e. The molecule has 1 aromatic rings. The lowest BCUT2D eigenvalue weighted by atomic mass is 9.49. The van der Waals surface area contributed by atoms with Crippen molar-refractivity contribution in [3.05, 3.63) is 35.4 Å². The van der Waals surface area contributed by atoms with Crippen LogP contribution in [0.4, 0.5) is 0 Å². The molecule has 1 aromatic carbocycles. The van der Waals surface area contributed by atoms with Gasteiger partial charge in [0.05, 0.1) is 11.1 Å². The normalized spacial score (nSPS) is 35.2. The highest BCUT2D eigenvalue weighted by atomic mass is 16.1. The molecule has 1 amide bonds. The molecule has 0 unspecified atom stereocenters. The van der Waals surface area contributed by atoms with E-state index < -0.39 is 0 Å². The van der Waals surface area contributed by atoms with E-state index in [1.54, 1.807) is 6.92 Å². The molecule has 106 valence electrons. The predicted octanol–water partition coefficient (Wildman–Crippen LogP) is 2.51. The van der Waals surface area contributed by atoms with Gasteiger partial charge in [0.1, 0.15) is 0 Å². The van der Waals surface area contributed by atoms with Gasteiger partial charge in [-0.3, -0.25) is 9.69 Å². The molecule has 1 aliphatic carbocycles. The van der Waals surface area contributed by atoms with Crippen molar-refractivity contribution in [1.82, 2.24) is 10.2 Å². The summed E-state index contributed by atoms with van der Waals surface area (Å²) in [5.74, 6) is 0.103. The van der Waals surface area contributed by atoms with Crippen molar-refractivity contribution in [1.29, 1.82) is 0 Å². The summed E-state index contributed by atoms with van der Waals surface area (Å²) < 4.78 is 0. The molecule has 2 fully saturated rings. The van der Waals surface area contributed by atoms with Crippen LogP contribution in [0.25, 0.3) is 0 Å². The zero-order valence-electron chi connectivity index (χ0n) is 12.1. The number of fused-ring (bicyclic) bond motifs is 2. The Balaban J connectivity index is 1.91. The Labute approximate surface area is 120 Å². The van der Waals surface area contributed by atoms with Gasteiger partial charge >= 0.3 is 0 Å². The third-order valence-corrected chi connectivity index (χ3v) is 5.66. The second-order valence-electron chi connectivity index (χ2n) is 6.54. The molecule has 0 saturated carbocycles. The topological polar surface area (TPSA) is 32.3 Å². The monoisotopic (exact) mass is 270 g/mol. The Bertz CT molecular complexity index is 568. The smallest absolute Gasteiger partial charge is 0.217 e. The molecular weight excluding hydrogens is 248 g/mol. The number of hydrogen-bond acceptors (Lipinski definition) is 2. The molecule has 2 heterocycles. The van der Waals surface area contributed by atoms with E-state index in [4.69, 9.17) is 0 Å². The molecule has 1 spiro atoms. The van der Waals surface area contributed by atoms with Crippen molar-refractivity contribution in [2.45, 2.75) is 50.1 Å². The Hall–Kier alpha value is -1.35. The van der Waals surface area contributed by atoms with Gasteiger partial charge in [0.15, 0.2) is 0 Å². The van der Waals surface area contributed by atoms with Crippen LogP contribution in [0, 0.1) is 0 Å². The SMILES string of the molecule is CC(=O)N[C@]12CCCN3CCCC[C@@]31c1ccccc12. The third-order valence-electron chi connectivity index (χ3n) is 5.66. The molecule has 3 aliphatic rings. The number of hydrogen-bond donors (Lipinski definition) is 1. The van der Waals surface area contributed by atoms with Crippen molar-refractivity contribution >= 4 is 5.91 Å². The van der Waals surface area contributed by atoms with Crippen molar-refractivity contribution in [2.75, 3.05) is 13.1 Å². The van der Waals surface area contributed by atoms with E-state index in [0.29, 0.717) is 0 Å². The zero-order chi connectivity index (χ0) is 13.8. The number of carbonyl (C=O) groups excluding carboxylic acids is 1. The van der Waals surface area contributed by atoms with E-state index in [1.165, 1.54) is 49.9 Å². The van der Waals surface area contributed by atoms with Crippen LogP contribution in [0.5, 0.6) is 0 Å². The van der Waals surface area contributed by atoms with Gasteiger partial charge in [-0.1, -0.05) is 24.3 Å². The molecule has 0 bridgehead atoms. The lowest BCUT2D eigenvalue weighted by Gasteiger charge is -2.68. The van der Waals surface area contributed by atoms with Gasteiger partial charge in [0, 0.05) is 6.92 Å². The highest BCUT2D eigenvalue weighted by Gasteiger charge is 2.67. The number of nitrogens with one attached hydrogen (secondary N) is 1. The molecule has 3 nitrogen and oxygen atoms in total. The molecular formula is C17H22N2O. The fraction of sp³-hybridized carbons (Fsp3) is 0.588. The zero-order valence-corrected chi connectivity index (χ0v) is 12.1. The maximum atomic E-state index is 11.8. The molecule has 1 N–H and O–H groups in total. The number of nitrogens with zero attached hydrogens (tertiary/aromatic N) is 1. The van der Waals surface area contributed by atoms with Crippen LogP contribution in [0.3, 0.4) is 0 Å². The molecule has 0 aromatic heterocycles. The van der Waals surface area contributed by atoms with Crippen molar-refractivity contribution in [3.8, 4) is 0 Å². The molecule has 2 aliphatic heterocycles. The summed E-state index contributed by atoms with van der Waals surface area (Å²) in [4.78, 5) is 14.5. The Morgan fingerprint density at radius 1 is 1.10 bits per heavy atom. The summed E-state index contributed by atoms with van der Waals surface area (Å²) in [6.07, 6.45) is 6.01. The van der Waals surface area contributed by atoms with Crippen LogP contribution in [-0.2, 0) is 15.9 Å². The van der Waals surface area contributed by atoms with E-state index in [0.717, 1.165) is 6.42 Å². The molecule has 4 rings (SSSR count). The Morgan fingerprint density at radius 3 is 2.65 bits per heavy atom. The summed E-state index contributed by atoms with van der Waals surface area (Å²) in [5, 5.41) is 3.36. The minimum atomic E-state index is -0.131. The number of rotatable bonds is 1. The van der Waals surface area contributed by atoms with Gasteiger partial charge in [-0.2, -0.15) is 0 Å². The highest BCUT2D eigenvalue weighted by molar-refractivity contribution is 5.76. The van der Waals surface area contributed by atoms with Gasteiger partial charge in [-0.15, -0.1) is 0 Å². The van der Waals surface area contributed by atoms with E-state index in [9.17, 15) is 4.79 Å². The average Bonchev–Trinajstić information content (AvgIpc) is 2.46. The van der Waals surface area contributed by atoms with Crippen LogP contribution in [0.1, 0.15) is 50.2 Å². The van der Waals surface area contributed by atoms with Gasteiger partial charge in [0.2, 0.25) is 5.91 Å². The first-order valence-corrected chi connectivity index (χ1v) is 7.84. The van der Waals surface area contributed by atoms with Crippen LogP contribution in [0.2, 0.25) is 0 Å². The van der Waals surface area contributed by atoms with E-state index in [1.807, 2.05) is 0 Å². The number of benzene rings is 1. The maximum Gasteiger partial charge on any atom is 0.217 e. The van der Waals surface area contributed by atoms with Crippen molar-refractivity contribution in [2.24, 2.45) is 0 Å². The quantitative estimate of drug-likeness (QED) is 0.850. The first-order chi connectivity index (χ1) is 9.71. The molecule has 2 saturated heterocycles. The Morgan fingerprint density at radius 2 is 1.85 bits per heavy atom. The van der Waals surface area contributed by atoms with Crippen molar-refractivity contribution in [3.63, 3.8) is 0 Å². The van der Waals surface area contributed by atoms with Gasteiger partial charge < -0.3 is 5.32 Å². The molecule has 3 heteroatoms. The van der Waals surface area contributed by atoms with Gasteiger partial charge in [0.25, 0.3) is 0 Å². The number of amides is 1. The lowest BCUT2D eigenvalue weighted by molar-refractivity contribution is -0.137. The Kier molecular flexibility index (Phi) is 2.53. The van der Waals surface area contributed by atoms with E-state index >= 15 is 0 Å². The van der Waals surface area contributed by atoms with Crippen LogP contribution < -0.4 is 5.32 Å². The van der Waals surface area contributed by atoms with Gasteiger partial charge in [-0.05, 0) is 56.3 Å². The molecule has 2 atom stereocenters. The van der Waals surface area contributed by atoms with Crippen LogP contribution in [0.15, 0.2) is 24.3 Å². The number of piperidine rings is 2. The maximum absolute atomic E-state index is 11.8. The second-order valence-corrected chi connectivity index (χ2v) is 6.54. The third kappa shape index (κ3) is 1.27. The number of carbonyl (C=O) groups is 1. The summed E-state index contributed by atoms with van der Waals surface area (Å²) in [6, 6.07) is 8.75. The van der Waals surface area contributed by atoms with Gasteiger partial charge in [-0.25, -0.2) is 0 Å². The summed E-state index contributed by atoms with van der Waals surface area (Å²) >= 11 is 0. The average molecular weight is 270 g/mol. The van der Waals surface area contributed by atoms with Crippen LogP contribution >= 0.6 is 0 Å². The molecule has 20 heavy (non-hydrogen) atoms. The first kappa shape index (κ1) is 12.4. The van der Waals surface area contributed by atoms with E-state index in [-0.39, 0.29) is 17.0 Å². The minimum Gasteiger partial charge on any atom is -0.345 e. The fourth-order valence-electron chi connectivity index (χ4n) is 5.14. The fourth-order valence-corrected chi connectivity index (χ4v) is 5.14. The second kappa shape index (κ2) is 4.08. The van der Waals surface area contributed by atoms with E-state index in [2.05, 4.69) is 34.5 Å². The highest BCUT2D eigenvalue weighted by Crippen LogP contribution is 2.63. The summed E-state index contributed by atoms with van der Waals surface area (Å²) in [5.41, 5.74) is 2.77.